The van der Waals surface area contributed by atoms with Crippen LogP contribution in [0.2, 0.25) is 0 Å². The van der Waals surface area contributed by atoms with Crippen molar-refractivity contribution in [1.82, 2.24) is 15.1 Å². The van der Waals surface area contributed by atoms with Crippen LogP contribution in [-0.2, 0) is 0 Å². The molecule has 0 bridgehead atoms. The van der Waals surface area contributed by atoms with Crippen LogP contribution >= 0.6 is 0 Å². The van der Waals surface area contributed by atoms with Crippen LogP contribution in [0.25, 0.3) is 16.5 Å². The van der Waals surface area contributed by atoms with Crippen molar-refractivity contribution in [2.75, 3.05) is 13.2 Å². The molecule has 6 nitrogen and oxygen atoms in total. The first kappa shape index (κ1) is 20.3. The summed E-state index contributed by atoms with van der Waals surface area (Å²) in [6.07, 6.45) is 0.555. The highest BCUT2D eigenvalue weighted by Gasteiger charge is 2.17. The SMILES string of the molecule is O=C(NCCCOc1ccc(F)cc1)c1nn(-c2ccccc2)c(=O)c2ccccc12. The predicted molar refractivity (Wildman–Crippen MR) is 116 cm³/mol. The van der Waals surface area contributed by atoms with E-state index in [0.717, 1.165) is 0 Å². The van der Waals surface area contributed by atoms with Crippen molar-refractivity contribution in [2.24, 2.45) is 0 Å². The molecule has 156 valence electrons. The Morgan fingerprint density at radius 3 is 2.35 bits per heavy atom. The molecule has 0 aliphatic rings. The van der Waals surface area contributed by atoms with Gasteiger partial charge in [0.05, 0.1) is 17.7 Å². The Labute approximate surface area is 177 Å². The summed E-state index contributed by atoms with van der Waals surface area (Å²) < 4.78 is 19.7. The molecule has 0 unspecified atom stereocenters. The molecule has 1 N–H and O–H groups in total. The van der Waals surface area contributed by atoms with E-state index in [1.165, 1.54) is 16.8 Å². The van der Waals surface area contributed by atoms with Crippen molar-refractivity contribution in [3.63, 3.8) is 0 Å². The van der Waals surface area contributed by atoms with Gasteiger partial charge in [-0.25, -0.2) is 4.39 Å². The summed E-state index contributed by atoms with van der Waals surface area (Å²) in [5.41, 5.74) is 0.476. The van der Waals surface area contributed by atoms with Gasteiger partial charge in [0.25, 0.3) is 11.5 Å². The Morgan fingerprint density at radius 2 is 1.61 bits per heavy atom. The van der Waals surface area contributed by atoms with Crippen molar-refractivity contribution >= 4 is 16.7 Å². The molecular weight excluding hydrogens is 397 g/mol. The molecule has 4 aromatic rings. The predicted octanol–water partition coefficient (Wildman–Crippen LogP) is 3.72. The lowest BCUT2D eigenvalue weighted by Gasteiger charge is -2.11. The van der Waals surface area contributed by atoms with E-state index < -0.39 is 0 Å². The smallest absolute Gasteiger partial charge is 0.279 e. The van der Waals surface area contributed by atoms with Gasteiger partial charge in [-0.1, -0.05) is 36.4 Å². The van der Waals surface area contributed by atoms with Gasteiger partial charge in [-0.3, -0.25) is 9.59 Å². The van der Waals surface area contributed by atoms with Crippen molar-refractivity contribution < 1.29 is 13.9 Å². The average molecular weight is 417 g/mol. The molecule has 3 aromatic carbocycles. The molecule has 0 spiro atoms. The van der Waals surface area contributed by atoms with Gasteiger partial charge < -0.3 is 10.1 Å². The lowest BCUT2D eigenvalue weighted by Crippen LogP contribution is -2.31. The van der Waals surface area contributed by atoms with E-state index in [2.05, 4.69) is 10.4 Å². The summed E-state index contributed by atoms with van der Waals surface area (Å²) in [4.78, 5) is 25.7. The molecule has 0 saturated heterocycles. The summed E-state index contributed by atoms with van der Waals surface area (Å²) in [6, 6.07) is 21.7. The molecule has 1 amide bonds. The van der Waals surface area contributed by atoms with Crippen molar-refractivity contribution in [3.05, 3.63) is 101 Å². The van der Waals surface area contributed by atoms with E-state index in [1.807, 2.05) is 6.07 Å². The van der Waals surface area contributed by atoms with Crippen LogP contribution in [0.1, 0.15) is 16.9 Å². The number of nitrogens with zero attached hydrogens (tertiary/aromatic N) is 2. The average Bonchev–Trinajstić information content (AvgIpc) is 2.81. The van der Waals surface area contributed by atoms with Crippen molar-refractivity contribution in [2.45, 2.75) is 6.42 Å². The molecule has 0 saturated carbocycles. The summed E-state index contributed by atoms with van der Waals surface area (Å²) in [5.74, 6) is -0.130. The zero-order valence-electron chi connectivity index (χ0n) is 16.6. The standard InChI is InChI=1S/C24H20FN3O3/c25-17-11-13-19(14-12-17)31-16-6-15-26-23(29)22-20-9-4-5-10-21(20)24(30)28(27-22)18-7-2-1-3-8-18/h1-5,7-14H,6,15-16H2,(H,26,29). The van der Waals surface area contributed by atoms with E-state index in [1.54, 1.807) is 60.7 Å². The second-order valence-electron chi connectivity index (χ2n) is 6.86. The first-order chi connectivity index (χ1) is 15.1. The number of fused-ring (bicyclic) bond motifs is 1. The lowest BCUT2D eigenvalue weighted by atomic mass is 10.1. The van der Waals surface area contributed by atoms with Gasteiger partial charge in [0.2, 0.25) is 0 Å². The maximum atomic E-state index is 12.9. The monoisotopic (exact) mass is 417 g/mol. The molecule has 0 radical (unpaired) electrons. The minimum absolute atomic E-state index is 0.179. The molecule has 0 fully saturated rings. The fourth-order valence-electron chi connectivity index (χ4n) is 3.18. The van der Waals surface area contributed by atoms with Gasteiger partial charge in [-0.05, 0) is 48.9 Å². The molecular formula is C24H20FN3O3. The summed E-state index contributed by atoms with van der Waals surface area (Å²) in [7, 11) is 0. The minimum Gasteiger partial charge on any atom is -0.494 e. The van der Waals surface area contributed by atoms with E-state index in [4.69, 9.17) is 4.74 Å². The Hall–Kier alpha value is -4.00. The van der Waals surface area contributed by atoms with Gasteiger partial charge in [0.1, 0.15) is 11.6 Å². The summed E-state index contributed by atoms with van der Waals surface area (Å²) in [5, 5.41) is 8.10. The van der Waals surface area contributed by atoms with Crippen LogP contribution < -0.4 is 15.6 Å². The lowest BCUT2D eigenvalue weighted by molar-refractivity contribution is 0.0946. The van der Waals surface area contributed by atoms with Crippen LogP contribution in [0.3, 0.4) is 0 Å². The Bertz CT molecular complexity index is 1250. The summed E-state index contributed by atoms with van der Waals surface area (Å²) >= 11 is 0. The number of amides is 1. The Morgan fingerprint density at radius 1 is 0.935 bits per heavy atom. The zero-order valence-corrected chi connectivity index (χ0v) is 16.6. The number of hydrogen-bond donors (Lipinski definition) is 1. The number of para-hydroxylation sites is 1. The van der Waals surface area contributed by atoms with Gasteiger partial charge in [0.15, 0.2) is 5.69 Å². The van der Waals surface area contributed by atoms with Gasteiger partial charge >= 0.3 is 0 Å². The number of nitrogens with one attached hydrogen (secondary N) is 1. The Balaban J connectivity index is 1.49. The van der Waals surface area contributed by atoms with Crippen LogP contribution in [0.15, 0.2) is 83.7 Å². The highest BCUT2D eigenvalue weighted by Crippen LogP contribution is 2.15. The number of aromatic nitrogens is 2. The number of carbonyl (C=O) groups is 1. The van der Waals surface area contributed by atoms with Crippen LogP contribution in [0.4, 0.5) is 4.39 Å². The third-order valence-electron chi connectivity index (χ3n) is 4.71. The maximum absolute atomic E-state index is 12.9. The molecule has 0 aliphatic heterocycles. The fraction of sp³-hybridized carbons (Fsp3) is 0.125. The molecule has 4 rings (SSSR count). The quantitative estimate of drug-likeness (QED) is 0.465. The molecule has 7 heteroatoms. The first-order valence-corrected chi connectivity index (χ1v) is 9.87. The first-order valence-electron chi connectivity index (χ1n) is 9.87. The number of ether oxygens (including phenoxy) is 1. The van der Waals surface area contributed by atoms with Crippen LogP contribution in [0, 0.1) is 5.82 Å². The highest BCUT2D eigenvalue weighted by atomic mass is 19.1. The number of halogens is 1. The third kappa shape index (κ3) is 4.61. The van der Waals surface area contributed by atoms with Crippen LogP contribution in [-0.4, -0.2) is 28.8 Å². The minimum atomic E-state index is -0.373. The van der Waals surface area contributed by atoms with E-state index in [9.17, 15) is 14.0 Å². The van der Waals surface area contributed by atoms with E-state index in [-0.39, 0.29) is 23.0 Å². The second kappa shape index (κ2) is 9.21. The molecule has 31 heavy (non-hydrogen) atoms. The Kier molecular flexibility index (Phi) is 6.03. The van der Waals surface area contributed by atoms with E-state index in [0.29, 0.717) is 41.8 Å². The molecule has 0 atom stereocenters. The zero-order chi connectivity index (χ0) is 21.6. The number of rotatable bonds is 7. The van der Waals surface area contributed by atoms with Gasteiger partial charge in [-0.15, -0.1) is 0 Å². The number of benzene rings is 3. The van der Waals surface area contributed by atoms with Crippen molar-refractivity contribution in [1.29, 1.82) is 0 Å². The normalized spacial score (nSPS) is 10.7. The third-order valence-corrected chi connectivity index (χ3v) is 4.71. The second-order valence-corrected chi connectivity index (χ2v) is 6.86. The van der Waals surface area contributed by atoms with E-state index >= 15 is 0 Å². The maximum Gasteiger partial charge on any atom is 0.279 e. The van der Waals surface area contributed by atoms with Crippen LogP contribution in [0.5, 0.6) is 5.75 Å². The van der Waals surface area contributed by atoms with Gasteiger partial charge in [0, 0.05) is 11.9 Å². The number of hydrogen-bond acceptors (Lipinski definition) is 4. The highest BCUT2D eigenvalue weighted by molar-refractivity contribution is 6.04. The topological polar surface area (TPSA) is 73.2 Å². The van der Waals surface area contributed by atoms with Gasteiger partial charge in [-0.2, -0.15) is 9.78 Å². The van der Waals surface area contributed by atoms with Crippen molar-refractivity contribution in [3.8, 4) is 11.4 Å². The fourth-order valence-corrected chi connectivity index (χ4v) is 3.18. The molecule has 0 aliphatic carbocycles. The summed E-state index contributed by atoms with van der Waals surface area (Å²) in [6.45, 7) is 0.726. The molecule has 1 heterocycles. The molecule has 1 aromatic heterocycles. The largest absolute Gasteiger partial charge is 0.494 e. The number of carbonyl (C=O) groups excluding carboxylic acids is 1.